The van der Waals surface area contributed by atoms with Crippen LogP contribution in [0.2, 0.25) is 0 Å². The summed E-state index contributed by atoms with van der Waals surface area (Å²) in [7, 11) is 1.53. The van der Waals surface area contributed by atoms with E-state index in [9.17, 15) is 19.4 Å². The summed E-state index contributed by atoms with van der Waals surface area (Å²) >= 11 is 0. The Bertz CT molecular complexity index is 1840. The van der Waals surface area contributed by atoms with Crippen molar-refractivity contribution in [2.24, 2.45) is 0 Å². The summed E-state index contributed by atoms with van der Waals surface area (Å²) in [5.41, 5.74) is 0. The van der Waals surface area contributed by atoms with E-state index in [1.54, 1.807) is 6.08 Å². The van der Waals surface area contributed by atoms with Gasteiger partial charge >= 0.3 is 7.82 Å². The summed E-state index contributed by atoms with van der Waals surface area (Å²) in [6.45, 7) is 4.67. The number of carbonyl (C=O) groups is 1. The van der Waals surface area contributed by atoms with Crippen molar-refractivity contribution in [3.63, 3.8) is 0 Å². The molecule has 3 atom stereocenters. The average molecular weight is 1160 g/mol. The molecule has 0 heterocycles. The first-order chi connectivity index (χ1) is 40.0. The Morgan fingerprint density at radius 1 is 0.427 bits per heavy atom. The van der Waals surface area contributed by atoms with Crippen LogP contribution in [0.5, 0.6) is 0 Å². The number of aliphatic hydroxyl groups excluding tert-OH is 1. The van der Waals surface area contributed by atoms with Gasteiger partial charge in [0.1, 0.15) is 13.2 Å². The summed E-state index contributed by atoms with van der Waals surface area (Å²) in [6.07, 6.45) is 95.5. The Kier molecular flexibility index (Phi) is 59.2. The lowest BCUT2D eigenvalue weighted by molar-refractivity contribution is -0.870. The van der Waals surface area contributed by atoms with E-state index < -0.39 is 20.0 Å². The summed E-state index contributed by atoms with van der Waals surface area (Å²) in [5.74, 6) is -0.206. The van der Waals surface area contributed by atoms with E-state index in [4.69, 9.17) is 9.05 Å². The SMILES string of the molecule is CC/C=C\C/C=C\C/C=C\C/C=C\C/C=C\C/C=C\C/C=C\C/C=C\C/C=C\C/C=C\CCCCCCCCC(=O)NC(COP(=O)(O)OCC[N+](C)(C)C)C(O)/C=C/CC/C=C/CCCCCCCCCCCCCCCCCCC. The van der Waals surface area contributed by atoms with Gasteiger partial charge in [-0.05, 0) is 109 Å². The zero-order valence-corrected chi connectivity index (χ0v) is 54.3. The van der Waals surface area contributed by atoms with Crippen LogP contribution in [0.1, 0.15) is 258 Å². The lowest BCUT2D eigenvalue weighted by atomic mass is 10.0. The van der Waals surface area contributed by atoms with E-state index in [-0.39, 0.29) is 19.1 Å². The van der Waals surface area contributed by atoms with Crippen molar-refractivity contribution in [2.45, 2.75) is 270 Å². The van der Waals surface area contributed by atoms with Crippen molar-refractivity contribution in [2.75, 3.05) is 40.9 Å². The third-order valence-electron chi connectivity index (χ3n) is 14.0. The van der Waals surface area contributed by atoms with Crippen LogP contribution in [-0.2, 0) is 18.4 Å². The molecular formula is C73H126N2O6P+. The fourth-order valence-corrected chi connectivity index (χ4v) is 9.65. The van der Waals surface area contributed by atoms with E-state index in [1.807, 2.05) is 27.2 Å². The normalized spacial score (nSPS) is 14.7. The van der Waals surface area contributed by atoms with Crippen LogP contribution >= 0.6 is 7.82 Å². The number of amides is 1. The minimum absolute atomic E-state index is 0.0455. The van der Waals surface area contributed by atoms with E-state index in [1.165, 1.54) is 116 Å². The van der Waals surface area contributed by atoms with Gasteiger partial charge in [-0.2, -0.15) is 0 Å². The Morgan fingerprint density at radius 2 is 0.744 bits per heavy atom. The lowest BCUT2D eigenvalue weighted by Crippen LogP contribution is -2.45. The third-order valence-corrected chi connectivity index (χ3v) is 15.0. The standard InChI is InChI=1S/C73H125N2O6P/c1-6-8-10-12-14-16-18-20-22-24-26-28-30-31-32-33-34-35-36-37-38-39-40-41-42-43-45-47-49-51-53-55-57-59-61-63-65-67-73(77)74-71(70-81-82(78,79)80-69-68-75(3,4)5)72(76)66-64-62-60-58-56-54-52-50-48-46-44-29-27-25-23-21-19-17-15-13-11-9-7-2/h8,10,14,16,20,22,26,28,31-32,34-35,37-38,40-41,43,45,49,51,56,58,64,66,71-72,76H,6-7,9,11-13,15,17-19,21,23-25,27,29-30,33,36,39,42,44,46-48,50,52-55,57,59-63,65,67-70H2,1-5H3,(H-,74,77,78,79)/p+1/b10-8-,16-14-,22-20-,28-26-,32-31-,35-34-,38-37-,41-40-,45-43-,51-49-,58-56+,66-64+. The molecule has 9 heteroatoms. The van der Waals surface area contributed by atoms with Gasteiger partial charge < -0.3 is 19.8 Å². The van der Waals surface area contributed by atoms with Crippen molar-refractivity contribution in [1.82, 2.24) is 5.32 Å². The van der Waals surface area contributed by atoms with Crippen molar-refractivity contribution in [3.8, 4) is 0 Å². The Hall–Kier alpha value is -3.62. The molecule has 0 aliphatic rings. The molecule has 0 bridgehead atoms. The molecule has 1 amide bonds. The Balaban J connectivity index is 4.24. The second kappa shape index (κ2) is 61.9. The quantitative estimate of drug-likeness (QED) is 0.0243. The number of aliphatic hydroxyl groups is 1. The van der Waals surface area contributed by atoms with Gasteiger partial charge in [-0.15, -0.1) is 0 Å². The van der Waals surface area contributed by atoms with E-state index in [0.29, 0.717) is 17.4 Å². The highest BCUT2D eigenvalue weighted by Crippen LogP contribution is 2.43. The first kappa shape index (κ1) is 78.4. The van der Waals surface area contributed by atoms with E-state index >= 15 is 0 Å². The molecule has 82 heavy (non-hydrogen) atoms. The molecule has 0 saturated heterocycles. The van der Waals surface area contributed by atoms with Crippen LogP contribution in [0.15, 0.2) is 146 Å². The van der Waals surface area contributed by atoms with Crippen molar-refractivity contribution in [1.29, 1.82) is 0 Å². The molecule has 3 N–H and O–H groups in total. The Labute approximate surface area is 506 Å². The number of hydrogen-bond acceptors (Lipinski definition) is 5. The highest BCUT2D eigenvalue weighted by molar-refractivity contribution is 7.47. The fourth-order valence-electron chi connectivity index (χ4n) is 8.91. The molecule has 0 rings (SSSR count). The predicted octanol–water partition coefficient (Wildman–Crippen LogP) is 21.2. The highest BCUT2D eigenvalue weighted by atomic mass is 31.2. The topological polar surface area (TPSA) is 105 Å². The number of allylic oxidation sites excluding steroid dienone is 23. The molecule has 8 nitrogen and oxygen atoms in total. The maximum Gasteiger partial charge on any atom is 0.472 e. The van der Waals surface area contributed by atoms with Crippen molar-refractivity contribution in [3.05, 3.63) is 146 Å². The molecule has 0 aromatic carbocycles. The van der Waals surface area contributed by atoms with Gasteiger partial charge in [0.25, 0.3) is 0 Å². The summed E-state index contributed by atoms with van der Waals surface area (Å²) in [5, 5.41) is 13.9. The van der Waals surface area contributed by atoms with Crippen LogP contribution in [-0.4, -0.2) is 73.4 Å². The summed E-state index contributed by atoms with van der Waals surface area (Å²) in [6, 6.07) is -0.884. The smallest absolute Gasteiger partial charge is 0.387 e. The number of unbranched alkanes of at least 4 members (excludes halogenated alkanes) is 24. The Morgan fingerprint density at radius 3 is 1.12 bits per heavy atom. The first-order valence-electron chi connectivity index (χ1n) is 33.2. The molecule has 0 fully saturated rings. The number of quaternary nitrogens is 1. The largest absolute Gasteiger partial charge is 0.472 e. The molecule has 0 radical (unpaired) electrons. The van der Waals surface area contributed by atoms with Gasteiger partial charge in [-0.3, -0.25) is 13.8 Å². The number of hydrogen-bond donors (Lipinski definition) is 3. The number of nitrogens with zero attached hydrogens (tertiary/aromatic N) is 1. The first-order valence-corrected chi connectivity index (χ1v) is 34.7. The molecule has 0 spiro atoms. The van der Waals surface area contributed by atoms with Crippen LogP contribution in [0.4, 0.5) is 0 Å². The number of phosphoric ester groups is 1. The zero-order valence-electron chi connectivity index (χ0n) is 53.4. The second-order valence-electron chi connectivity index (χ2n) is 23.1. The predicted molar refractivity (Wildman–Crippen MR) is 359 cm³/mol. The summed E-state index contributed by atoms with van der Waals surface area (Å²) < 4.78 is 23.7. The molecule has 0 aromatic heterocycles. The van der Waals surface area contributed by atoms with Crippen molar-refractivity contribution < 1.29 is 32.9 Å². The highest BCUT2D eigenvalue weighted by Gasteiger charge is 2.27. The minimum Gasteiger partial charge on any atom is -0.387 e. The molecule has 0 saturated carbocycles. The second-order valence-corrected chi connectivity index (χ2v) is 24.6. The third kappa shape index (κ3) is 64.0. The number of phosphoric acid groups is 1. The summed E-state index contributed by atoms with van der Waals surface area (Å²) in [4.78, 5) is 23.4. The molecule has 0 aliphatic carbocycles. The average Bonchev–Trinajstić information content (AvgIpc) is 3.47. The molecular weight excluding hydrogens is 1030 g/mol. The van der Waals surface area contributed by atoms with Gasteiger partial charge in [0.05, 0.1) is 39.9 Å². The maximum absolute atomic E-state index is 13.0. The van der Waals surface area contributed by atoms with Gasteiger partial charge in [0, 0.05) is 6.42 Å². The number of carbonyl (C=O) groups excluding carboxylic acids is 1. The monoisotopic (exact) mass is 1160 g/mol. The molecule has 3 unspecified atom stereocenters. The minimum atomic E-state index is -4.38. The molecule has 0 aromatic rings. The maximum atomic E-state index is 13.0. The number of likely N-dealkylation sites (N-methyl/N-ethyl adjacent to an activating group) is 1. The number of nitrogens with one attached hydrogen (secondary N) is 1. The molecule has 468 valence electrons. The zero-order chi connectivity index (χ0) is 59.8. The van der Waals surface area contributed by atoms with E-state index in [2.05, 4.69) is 153 Å². The van der Waals surface area contributed by atoms with Crippen LogP contribution in [0.25, 0.3) is 0 Å². The van der Waals surface area contributed by atoms with Crippen LogP contribution < -0.4 is 5.32 Å². The van der Waals surface area contributed by atoms with Crippen LogP contribution in [0, 0.1) is 0 Å². The van der Waals surface area contributed by atoms with Crippen LogP contribution in [0.3, 0.4) is 0 Å². The number of rotatable bonds is 59. The van der Waals surface area contributed by atoms with Crippen molar-refractivity contribution >= 4 is 13.7 Å². The van der Waals surface area contributed by atoms with Gasteiger partial charge in [0.2, 0.25) is 5.91 Å². The van der Waals surface area contributed by atoms with Gasteiger partial charge in [0.15, 0.2) is 0 Å². The lowest BCUT2D eigenvalue weighted by Gasteiger charge is -2.25. The van der Waals surface area contributed by atoms with Gasteiger partial charge in [-0.25, -0.2) is 4.57 Å². The van der Waals surface area contributed by atoms with Gasteiger partial charge in [-0.1, -0.05) is 288 Å². The molecule has 0 aliphatic heterocycles. The fraction of sp³-hybridized carbons (Fsp3) is 0.658. The van der Waals surface area contributed by atoms with E-state index in [0.717, 1.165) is 122 Å².